The van der Waals surface area contributed by atoms with Crippen LogP contribution in [-0.4, -0.2) is 28.8 Å². The molecular formula is C22H24N4OS. The Bertz CT molecular complexity index is 1020. The monoisotopic (exact) mass is 392 g/mol. The van der Waals surface area contributed by atoms with Crippen molar-refractivity contribution in [2.24, 2.45) is 16.6 Å². The van der Waals surface area contributed by atoms with Crippen molar-refractivity contribution in [2.45, 2.75) is 45.1 Å². The molecule has 2 aromatic heterocycles. The number of carbonyl (C=O) groups is 1. The van der Waals surface area contributed by atoms with E-state index in [4.69, 9.17) is 5.73 Å². The molecule has 0 unspecified atom stereocenters. The van der Waals surface area contributed by atoms with E-state index in [2.05, 4.69) is 40.9 Å². The second kappa shape index (κ2) is 7.06. The minimum atomic E-state index is -0.628. The minimum Gasteiger partial charge on any atom is -0.369 e. The van der Waals surface area contributed by atoms with Gasteiger partial charge in [-0.05, 0) is 43.9 Å². The summed E-state index contributed by atoms with van der Waals surface area (Å²) in [5, 5.41) is 0. The zero-order chi connectivity index (χ0) is 19.9. The smallest absolute Gasteiger partial charge is 0.231 e. The maximum Gasteiger partial charge on any atom is 0.231 e. The number of aryl methyl sites for hydroxylation is 1. The van der Waals surface area contributed by atoms with E-state index in [0.29, 0.717) is 12.3 Å². The Morgan fingerprint density at radius 2 is 2.14 bits per heavy atom. The average Bonchev–Trinajstić information content (AvgIpc) is 3.40. The molecule has 1 aliphatic heterocycles. The number of pyridine rings is 1. The van der Waals surface area contributed by atoms with Gasteiger partial charge in [-0.2, -0.15) is 0 Å². The number of guanidine groups is 1. The van der Waals surface area contributed by atoms with E-state index in [9.17, 15) is 4.79 Å². The van der Waals surface area contributed by atoms with Crippen molar-refractivity contribution in [2.75, 3.05) is 7.05 Å². The molecule has 1 amide bonds. The molecular weight excluding hydrogens is 368 g/mol. The van der Waals surface area contributed by atoms with E-state index < -0.39 is 5.54 Å². The maximum absolute atomic E-state index is 12.3. The van der Waals surface area contributed by atoms with E-state index >= 15 is 0 Å². The van der Waals surface area contributed by atoms with Gasteiger partial charge in [-0.25, -0.2) is 4.99 Å². The molecule has 0 saturated heterocycles. The lowest BCUT2D eigenvalue weighted by molar-refractivity contribution is -0.128. The van der Waals surface area contributed by atoms with Crippen molar-refractivity contribution < 1.29 is 4.79 Å². The lowest BCUT2D eigenvalue weighted by atomic mass is 9.93. The van der Waals surface area contributed by atoms with Gasteiger partial charge in [0.25, 0.3) is 0 Å². The SMILES string of the molecule is CCc1cc([C@]2(C)CC(=O)N(C)C(N)=N2)sc1-c1cncc(C#CC2CC2)c1. The molecule has 2 aliphatic rings. The number of aromatic nitrogens is 1. The van der Waals surface area contributed by atoms with Gasteiger partial charge in [-0.3, -0.25) is 14.7 Å². The lowest BCUT2D eigenvalue weighted by Crippen LogP contribution is -2.47. The first-order valence-corrected chi connectivity index (χ1v) is 10.4. The zero-order valence-corrected chi connectivity index (χ0v) is 17.3. The highest BCUT2D eigenvalue weighted by atomic mass is 32.1. The number of hydrogen-bond donors (Lipinski definition) is 1. The first-order valence-electron chi connectivity index (χ1n) is 9.61. The fourth-order valence-electron chi connectivity index (χ4n) is 3.30. The predicted octanol–water partition coefficient (Wildman–Crippen LogP) is 3.53. The summed E-state index contributed by atoms with van der Waals surface area (Å²) in [5.74, 6) is 7.37. The number of nitrogens with zero attached hydrogens (tertiary/aromatic N) is 3. The van der Waals surface area contributed by atoms with Crippen LogP contribution in [0.25, 0.3) is 10.4 Å². The van der Waals surface area contributed by atoms with Crippen molar-refractivity contribution in [3.63, 3.8) is 0 Å². The van der Waals surface area contributed by atoms with Crippen LogP contribution in [0.1, 0.15) is 49.1 Å². The van der Waals surface area contributed by atoms with Crippen LogP contribution in [0, 0.1) is 17.8 Å². The van der Waals surface area contributed by atoms with Crippen LogP contribution in [0.3, 0.4) is 0 Å². The van der Waals surface area contributed by atoms with Gasteiger partial charge in [0.1, 0.15) is 5.54 Å². The molecule has 0 bridgehead atoms. The summed E-state index contributed by atoms with van der Waals surface area (Å²) in [7, 11) is 1.66. The molecule has 144 valence electrons. The Labute approximate surface area is 169 Å². The number of rotatable bonds is 3. The van der Waals surface area contributed by atoms with Crippen molar-refractivity contribution in [1.29, 1.82) is 0 Å². The molecule has 4 rings (SSSR count). The molecule has 0 spiro atoms. The first-order chi connectivity index (χ1) is 13.4. The number of aliphatic imine (C=N–C) groups is 1. The van der Waals surface area contributed by atoms with E-state index in [1.165, 1.54) is 28.2 Å². The first kappa shape index (κ1) is 18.7. The highest BCUT2D eigenvalue weighted by molar-refractivity contribution is 7.15. The number of hydrogen-bond acceptors (Lipinski definition) is 5. The number of nitrogens with two attached hydrogens (primary N) is 1. The highest BCUT2D eigenvalue weighted by Crippen LogP contribution is 2.42. The molecule has 28 heavy (non-hydrogen) atoms. The summed E-state index contributed by atoms with van der Waals surface area (Å²) in [4.78, 5) is 25.0. The highest BCUT2D eigenvalue weighted by Gasteiger charge is 2.37. The fraction of sp³-hybridized carbons (Fsp3) is 0.409. The molecule has 2 aromatic rings. The van der Waals surface area contributed by atoms with Crippen LogP contribution in [-0.2, 0) is 16.8 Å². The van der Waals surface area contributed by atoms with Gasteiger partial charge >= 0.3 is 0 Å². The van der Waals surface area contributed by atoms with Crippen LogP contribution in [0.15, 0.2) is 29.5 Å². The van der Waals surface area contributed by atoms with Crippen molar-refractivity contribution in [3.8, 4) is 22.3 Å². The summed E-state index contributed by atoms with van der Waals surface area (Å²) in [6, 6.07) is 4.27. The number of carbonyl (C=O) groups excluding carboxylic acids is 1. The molecule has 3 heterocycles. The molecule has 1 fully saturated rings. The maximum atomic E-state index is 12.3. The molecule has 1 atom stereocenters. The molecule has 0 aromatic carbocycles. The topological polar surface area (TPSA) is 71.6 Å². The van der Waals surface area contributed by atoms with Gasteiger partial charge in [0, 0.05) is 46.2 Å². The second-order valence-corrected chi connectivity index (χ2v) is 8.75. The Morgan fingerprint density at radius 1 is 1.36 bits per heavy atom. The number of amides is 1. The van der Waals surface area contributed by atoms with Crippen molar-refractivity contribution >= 4 is 23.2 Å². The Hall–Kier alpha value is -2.65. The fourth-order valence-corrected chi connectivity index (χ4v) is 4.62. The van der Waals surface area contributed by atoms with Crippen molar-refractivity contribution in [3.05, 3.63) is 40.5 Å². The van der Waals surface area contributed by atoms with Crippen LogP contribution in [0.4, 0.5) is 0 Å². The molecule has 2 N–H and O–H groups in total. The summed E-state index contributed by atoms with van der Waals surface area (Å²) in [6.45, 7) is 4.12. The van der Waals surface area contributed by atoms with Gasteiger partial charge in [-0.1, -0.05) is 18.8 Å². The quantitative estimate of drug-likeness (QED) is 0.813. The van der Waals surface area contributed by atoms with E-state index in [1.807, 2.05) is 19.3 Å². The normalized spacial score (nSPS) is 21.9. The van der Waals surface area contributed by atoms with Crippen molar-refractivity contribution in [1.82, 2.24) is 9.88 Å². The van der Waals surface area contributed by atoms with E-state index in [1.54, 1.807) is 18.4 Å². The predicted molar refractivity (Wildman–Crippen MR) is 113 cm³/mol. The van der Waals surface area contributed by atoms with Gasteiger partial charge in [0.2, 0.25) is 5.91 Å². The van der Waals surface area contributed by atoms with Crippen LogP contribution in [0.2, 0.25) is 0 Å². The van der Waals surface area contributed by atoms with Crippen LogP contribution in [0.5, 0.6) is 0 Å². The van der Waals surface area contributed by atoms with E-state index in [-0.39, 0.29) is 11.9 Å². The summed E-state index contributed by atoms with van der Waals surface area (Å²) in [5.41, 5.74) is 8.61. The minimum absolute atomic E-state index is 0.0120. The Kier molecular flexibility index (Phi) is 4.72. The average molecular weight is 393 g/mol. The largest absolute Gasteiger partial charge is 0.369 e. The standard InChI is InChI=1S/C22H24N4OS/c1-4-16-10-18(22(2)11-19(27)26(3)21(23)25-22)28-20(16)17-9-15(12-24-13-17)8-7-14-5-6-14/h9-10,12-14H,4-6,11H2,1-3H3,(H2,23,25)/t22-/m0/s1. The van der Waals surface area contributed by atoms with Gasteiger partial charge in [0.15, 0.2) is 5.96 Å². The lowest BCUT2D eigenvalue weighted by Gasteiger charge is -2.32. The third-order valence-electron chi connectivity index (χ3n) is 5.29. The summed E-state index contributed by atoms with van der Waals surface area (Å²) in [6.07, 6.45) is 7.35. The Balaban J connectivity index is 1.72. The molecule has 6 heteroatoms. The second-order valence-electron chi connectivity index (χ2n) is 7.70. The third kappa shape index (κ3) is 3.55. The molecule has 0 radical (unpaired) electrons. The van der Waals surface area contributed by atoms with Gasteiger partial charge in [-0.15, -0.1) is 11.3 Å². The molecule has 5 nitrogen and oxygen atoms in total. The van der Waals surface area contributed by atoms with E-state index in [0.717, 1.165) is 22.4 Å². The number of thiophene rings is 1. The molecule has 1 aliphatic carbocycles. The van der Waals surface area contributed by atoms with Crippen LogP contribution >= 0.6 is 11.3 Å². The third-order valence-corrected chi connectivity index (χ3v) is 6.77. The summed E-state index contributed by atoms with van der Waals surface area (Å²) >= 11 is 1.67. The molecule has 1 saturated carbocycles. The van der Waals surface area contributed by atoms with Gasteiger partial charge in [0.05, 0.1) is 6.42 Å². The van der Waals surface area contributed by atoms with Crippen LogP contribution < -0.4 is 5.73 Å². The zero-order valence-electron chi connectivity index (χ0n) is 16.5. The van der Waals surface area contributed by atoms with Gasteiger partial charge < -0.3 is 5.73 Å². The summed E-state index contributed by atoms with van der Waals surface area (Å²) < 4.78 is 0. The Morgan fingerprint density at radius 3 is 2.82 bits per heavy atom.